The van der Waals surface area contributed by atoms with E-state index in [1.807, 2.05) is 38.1 Å². The minimum atomic E-state index is -2.03. The van der Waals surface area contributed by atoms with Crippen LogP contribution in [0.25, 0.3) is 11.1 Å². The van der Waals surface area contributed by atoms with E-state index in [-0.39, 0.29) is 24.7 Å². The van der Waals surface area contributed by atoms with Crippen LogP contribution in [0.4, 0.5) is 0 Å². The Hall–Kier alpha value is -4.05. The van der Waals surface area contributed by atoms with Gasteiger partial charge in [0.25, 0.3) is 11.8 Å². The van der Waals surface area contributed by atoms with E-state index < -0.39 is 47.1 Å². The number of aliphatic hydroxyl groups is 1. The van der Waals surface area contributed by atoms with Crippen LogP contribution in [0.1, 0.15) is 44.2 Å². The number of carbonyl (C=O) groups is 5. The van der Waals surface area contributed by atoms with E-state index in [1.165, 1.54) is 7.05 Å². The molecular weight excluding hydrogens is 500 g/mol. The Morgan fingerprint density at radius 3 is 2.08 bits per heavy atom. The van der Waals surface area contributed by atoms with Gasteiger partial charge in [0.05, 0.1) is 6.04 Å². The normalized spacial score (nSPS) is 18.4. The molecule has 0 aromatic heterocycles. The third-order valence-electron chi connectivity index (χ3n) is 7.35. The highest BCUT2D eigenvalue weighted by Gasteiger charge is 2.48. The van der Waals surface area contributed by atoms with Crippen LogP contribution in [0.2, 0.25) is 0 Å². The van der Waals surface area contributed by atoms with Gasteiger partial charge in [0.2, 0.25) is 17.6 Å². The van der Waals surface area contributed by atoms with Crippen LogP contribution in [0, 0.1) is 11.8 Å². The van der Waals surface area contributed by atoms with Crippen LogP contribution in [0.15, 0.2) is 48.5 Å². The Balaban J connectivity index is 1.60. The summed E-state index contributed by atoms with van der Waals surface area (Å²) >= 11 is 0. The van der Waals surface area contributed by atoms with Crippen molar-refractivity contribution >= 4 is 29.4 Å². The summed E-state index contributed by atoms with van der Waals surface area (Å²) in [6.45, 7) is 4.20. The van der Waals surface area contributed by atoms with Crippen LogP contribution in [0.5, 0.6) is 0 Å². The molecule has 0 radical (unpaired) electrons. The van der Waals surface area contributed by atoms with Crippen molar-refractivity contribution in [3.05, 3.63) is 59.7 Å². The first-order chi connectivity index (χ1) is 18.6. The molecular formula is C29H34N4O6. The highest BCUT2D eigenvalue weighted by molar-refractivity contribution is 6.38. The molecule has 10 nitrogen and oxygen atoms in total. The smallest absolute Gasteiger partial charge is 0.289 e. The van der Waals surface area contributed by atoms with Crippen LogP contribution in [-0.4, -0.2) is 60.2 Å². The van der Waals surface area contributed by atoms with Crippen molar-refractivity contribution in [1.29, 1.82) is 0 Å². The first kappa shape index (κ1) is 28.0. The third kappa shape index (κ3) is 5.42. The molecule has 0 saturated carbocycles. The average Bonchev–Trinajstić information content (AvgIpc) is 3.45. The van der Waals surface area contributed by atoms with E-state index in [4.69, 9.17) is 0 Å². The van der Waals surface area contributed by atoms with Crippen molar-refractivity contribution in [2.24, 2.45) is 11.8 Å². The van der Waals surface area contributed by atoms with Crippen LogP contribution >= 0.6 is 0 Å². The Labute approximate surface area is 226 Å². The molecule has 1 heterocycles. The van der Waals surface area contributed by atoms with E-state index in [2.05, 4.69) is 21.3 Å². The zero-order valence-electron chi connectivity index (χ0n) is 22.2. The zero-order valence-corrected chi connectivity index (χ0v) is 22.2. The monoisotopic (exact) mass is 534 g/mol. The summed E-state index contributed by atoms with van der Waals surface area (Å²) in [6, 6.07) is 11.7. The van der Waals surface area contributed by atoms with Gasteiger partial charge in [-0.25, -0.2) is 0 Å². The third-order valence-corrected chi connectivity index (χ3v) is 7.35. The molecule has 1 aliphatic carbocycles. The summed E-state index contributed by atoms with van der Waals surface area (Å²) < 4.78 is 0. The summed E-state index contributed by atoms with van der Waals surface area (Å²) in [6.07, 6.45) is 0.642. The number of amides is 4. The number of rotatable bonds is 10. The molecule has 0 spiro atoms. The van der Waals surface area contributed by atoms with Crippen molar-refractivity contribution in [2.75, 3.05) is 13.6 Å². The van der Waals surface area contributed by atoms with Crippen molar-refractivity contribution in [2.45, 2.75) is 50.8 Å². The van der Waals surface area contributed by atoms with Gasteiger partial charge in [0.15, 0.2) is 5.60 Å². The molecule has 2 aliphatic rings. The number of hydrogen-bond acceptors (Lipinski definition) is 6. The molecule has 206 valence electrons. The van der Waals surface area contributed by atoms with Gasteiger partial charge in [0, 0.05) is 30.6 Å². The van der Waals surface area contributed by atoms with Gasteiger partial charge in [-0.3, -0.25) is 24.0 Å². The molecule has 3 atom stereocenters. The van der Waals surface area contributed by atoms with Gasteiger partial charge in [0.1, 0.15) is 6.04 Å². The van der Waals surface area contributed by atoms with Gasteiger partial charge >= 0.3 is 0 Å². The van der Waals surface area contributed by atoms with Crippen molar-refractivity contribution < 1.29 is 29.1 Å². The van der Waals surface area contributed by atoms with Crippen molar-refractivity contribution in [1.82, 2.24) is 21.3 Å². The number of ketones is 1. The van der Waals surface area contributed by atoms with Gasteiger partial charge < -0.3 is 26.4 Å². The lowest BCUT2D eigenvalue weighted by molar-refractivity contribution is -0.142. The number of benzene rings is 2. The maximum absolute atomic E-state index is 13.8. The van der Waals surface area contributed by atoms with E-state index in [0.717, 1.165) is 11.1 Å². The molecule has 1 saturated heterocycles. The Kier molecular flexibility index (Phi) is 8.15. The van der Waals surface area contributed by atoms with Gasteiger partial charge in [-0.1, -0.05) is 62.4 Å². The molecule has 5 N–H and O–H groups in total. The van der Waals surface area contributed by atoms with Gasteiger partial charge in [-0.2, -0.15) is 0 Å². The fourth-order valence-electron chi connectivity index (χ4n) is 5.36. The molecule has 2 aromatic rings. The van der Waals surface area contributed by atoms with E-state index in [1.54, 1.807) is 24.3 Å². The molecule has 1 fully saturated rings. The molecule has 10 heteroatoms. The lowest BCUT2D eigenvalue weighted by atomic mass is 9.89. The Bertz CT molecular complexity index is 1260. The molecule has 4 rings (SSSR count). The van der Waals surface area contributed by atoms with E-state index in [9.17, 15) is 29.1 Å². The fraction of sp³-hybridized carbons (Fsp3) is 0.414. The van der Waals surface area contributed by atoms with Gasteiger partial charge in [-0.15, -0.1) is 0 Å². The predicted molar refractivity (Wildman–Crippen MR) is 143 cm³/mol. The number of hydrogen-bond donors (Lipinski definition) is 5. The lowest BCUT2D eigenvalue weighted by Gasteiger charge is -2.29. The summed E-state index contributed by atoms with van der Waals surface area (Å²) in [7, 11) is 1.31. The quantitative estimate of drug-likeness (QED) is 0.284. The Morgan fingerprint density at radius 1 is 0.974 bits per heavy atom. The SMILES string of the molecule is CNC(=O)C(=O)[C@@H](C[C@@H]1CCNC1=O)NC(=O)[C@@H](CC(C)C)NC(=O)C1(O)c2ccccc2-c2ccccc21. The molecule has 2 aromatic carbocycles. The van der Waals surface area contributed by atoms with Crippen LogP contribution in [-0.2, 0) is 29.6 Å². The summed E-state index contributed by atoms with van der Waals surface area (Å²) in [5.74, 6) is -4.03. The molecule has 0 unspecified atom stereocenters. The lowest BCUT2D eigenvalue weighted by Crippen LogP contribution is -2.57. The highest BCUT2D eigenvalue weighted by atomic mass is 16.3. The van der Waals surface area contributed by atoms with Crippen molar-refractivity contribution in [3.8, 4) is 11.1 Å². The largest absolute Gasteiger partial charge is 0.372 e. The fourth-order valence-corrected chi connectivity index (χ4v) is 5.36. The van der Waals surface area contributed by atoms with Crippen LogP contribution in [0.3, 0.4) is 0 Å². The minimum Gasteiger partial charge on any atom is -0.372 e. The predicted octanol–water partition coefficient (Wildman–Crippen LogP) is 0.760. The molecule has 39 heavy (non-hydrogen) atoms. The second-order valence-corrected chi connectivity index (χ2v) is 10.5. The number of fused-ring (bicyclic) bond motifs is 3. The standard InChI is InChI=1S/C29H34N4O6/c1-16(2)14-23(26(36)32-22(24(34)27(37)30-3)15-17-12-13-31-25(17)35)33-28(38)29(39)20-10-6-4-8-18(20)19-9-5-7-11-21(19)29/h4-11,16-17,22-23,39H,12-15H2,1-3H3,(H,30,37)(H,31,35)(H,32,36)(H,33,38)/t17-,22+,23+/m0/s1. The summed E-state index contributed by atoms with van der Waals surface area (Å²) in [5.41, 5.74) is 0.241. The number of likely N-dealkylation sites (N-methyl/N-ethyl adjacent to an activating group) is 1. The second-order valence-electron chi connectivity index (χ2n) is 10.5. The first-order valence-electron chi connectivity index (χ1n) is 13.1. The molecule has 4 amide bonds. The topological polar surface area (TPSA) is 154 Å². The molecule has 0 bridgehead atoms. The Morgan fingerprint density at radius 2 is 1.56 bits per heavy atom. The van der Waals surface area contributed by atoms with Crippen LogP contribution < -0.4 is 21.3 Å². The maximum Gasteiger partial charge on any atom is 0.289 e. The minimum absolute atomic E-state index is 0.0347. The molecule has 1 aliphatic heterocycles. The number of nitrogens with one attached hydrogen (secondary N) is 4. The first-order valence-corrected chi connectivity index (χ1v) is 13.1. The van der Waals surface area contributed by atoms with E-state index >= 15 is 0 Å². The summed E-state index contributed by atoms with van der Waals surface area (Å²) in [4.78, 5) is 64.4. The number of carbonyl (C=O) groups excluding carboxylic acids is 5. The number of Topliss-reactive ketones (excluding diaryl/α,β-unsaturated/α-hetero) is 1. The average molecular weight is 535 g/mol. The van der Waals surface area contributed by atoms with Crippen molar-refractivity contribution in [3.63, 3.8) is 0 Å². The highest BCUT2D eigenvalue weighted by Crippen LogP contribution is 2.47. The second kappa shape index (κ2) is 11.4. The zero-order chi connectivity index (χ0) is 28.3. The summed E-state index contributed by atoms with van der Waals surface area (Å²) in [5, 5.41) is 22.1. The van der Waals surface area contributed by atoms with Gasteiger partial charge in [-0.05, 0) is 36.3 Å². The van der Waals surface area contributed by atoms with E-state index in [0.29, 0.717) is 24.1 Å². The maximum atomic E-state index is 13.8.